The largest absolute Gasteiger partial charge is 0.342 e. The fraction of sp³-hybridized carbons (Fsp3) is 0.722. The Hall–Kier alpha value is -1.43. The summed E-state index contributed by atoms with van der Waals surface area (Å²) in [6.45, 7) is 5.25. The number of hydrogen-bond donors (Lipinski definition) is 1. The summed E-state index contributed by atoms with van der Waals surface area (Å²) in [5.41, 5.74) is -0.691. The van der Waals surface area contributed by atoms with Crippen molar-refractivity contribution in [2.24, 2.45) is 5.92 Å². The van der Waals surface area contributed by atoms with Gasteiger partial charge in [-0.25, -0.2) is 4.98 Å². The zero-order valence-corrected chi connectivity index (χ0v) is 15.4. The molecule has 132 valence electrons. The first kappa shape index (κ1) is 17.4. The number of piperidine rings is 1. The van der Waals surface area contributed by atoms with E-state index in [4.69, 9.17) is 0 Å². The van der Waals surface area contributed by atoms with Crippen LogP contribution < -0.4 is 5.32 Å². The minimum Gasteiger partial charge on any atom is -0.342 e. The van der Waals surface area contributed by atoms with Crippen LogP contribution in [0.25, 0.3) is 0 Å². The number of rotatable bonds is 3. The van der Waals surface area contributed by atoms with Gasteiger partial charge in [0.05, 0.1) is 5.01 Å². The van der Waals surface area contributed by atoms with Gasteiger partial charge in [-0.05, 0) is 44.4 Å². The van der Waals surface area contributed by atoms with Crippen LogP contribution in [-0.4, -0.2) is 40.3 Å². The second-order valence-electron chi connectivity index (χ2n) is 7.41. The monoisotopic (exact) mass is 349 g/mol. The molecule has 0 bridgehead atoms. The maximum absolute atomic E-state index is 13.3. The number of likely N-dealkylation sites (tertiary alicyclic amines) is 1. The Morgan fingerprint density at radius 3 is 2.71 bits per heavy atom. The van der Waals surface area contributed by atoms with Crippen LogP contribution >= 0.6 is 11.3 Å². The lowest BCUT2D eigenvalue weighted by Crippen LogP contribution is -2.61. The Morgan fingerprint density at radius 2 is 2.08 bits per heavy atom. The number of carbonyl (C=O) groups excluding carboxylic acids is 2. The number of nitrogens with zero attached hydrogens (tertiary/aromatic N) is 2. The lowest BCUT2D eigenvalue weighted by atomic mass is 9.75. The summed E-state index contributed by atoms with van der Waals surface area (Å²) < 4.78 is 0. The van der Waals surface area contributed by atoms with E-state index in [2.05, 4.69) is 17.2 Å². The number of amides is 2. The van der Waals surface area contributed by atoms with Crippen molar-refractivity contribution in [1.82, 2.24) is 15.2 Å². The van der Waals surface area contributed by atoms with Crippen LogP contribution in [0.4, 0.5) is 0 Å². The number of carbonyl (C=O) groups is 2. The first-order chi connectivity index (χ1) is 11.5. The van der Waals surface area contributed by atoms with E-state index < -0.39 is 5.54 Å². The Balaban J connectivity index is 1.75. The van der Waals surface area contributed by atoms with Crippen molar-refractivity contribution in [3.8, 4) is 0 Å². The molecule has 1 aliphatic carbocycles. The molecule has 1 aliphatic heterocycles. The molecule has 24 heavy (non-hydrogen) atoms. The van der Waals surface area contributed by atoms with Gasteiger partial charge in [0.25, 0.3) is 0 Å². The average molecular weight is 350 g/mol. The van der Waals surface area contributed by atoms with E-state index in [-0.39, 0.29) is 11.8 Å². The zero-order chi connectivity index (χ0) is 17.2. The molecular weight excluding hydrogens is 322 g/mol. The van der Waals surface area contributed by atoms with Crippen LogP contribution in [0, 0.1) is 5.92 Å². The highest BCUT2D eigenvalue weighted by Gasteiger charge is 2.45. The molecule has 2 heterocycles. The van der Waals surface area contributed by atoms with Crippen molar-refractivity contribution < 1.29 is 9.59 Å². The summed E-state index contributed by atoms with van der Waals surface area (Å²) in [5.74, 6) is 0.973. The molecule has 1 aromatic heterocycles. The molecule has 6 heteroatoms. The summed E-state index contributed by atoms with van der Waals surface area (Å²) >= 11 is 1.67. The van der Waals surface area contributed by atoms with Crippen molar-refractivity contribution in [3.63, 3.8) is 0 Å². The van der Waals surface area contributed by atoms with Crippen LogP contribution in [0.15, 0.2) is 11.6 Å². The first-order valence-electron chi connectivity index (χ1n) is 8.98. The summed E-state index contributed by atoms with van der Waals surface area (Å²) in [7, 11) is 0. The molecular formula is C18H27N3O2S. The summed E-state index contributed by atoms with van der Waals surface area (Å²) in [5, 5.41) is 6.14. The zero-order valence-electron chi connectivity index (χ0n) is 14.6. The van der Waals surface area contributed by atoms with Crippen LogP contribution in [0.3, 0.4) is 0 Å². The third kappa shape index (κ3) is 3.63. The van der Waals surface area contributed by atoms with E-state index in [1.807, 2.05) is 16.5 Å². The molecule has 5 nitrogen and oxygen atoms in total. The molecule has 1 N–H and O–H groups in total. The number of aromatic nitrogens is 1. The van der Waals surface area contributed by atoms with Crippen LogP contribution in [0.1, 0.15) is 63.3 Å². The predicted molar refractivity (Wildman–Crippen MR) is 94.8 cm³/mol. The molecule has 2 amide bonds. The molecule has 1 saturated heterocycles. The van der Waals surface area contributed by atoms with Gasteiger partial charge in [0.15, 0.2) is 0 Å². The van der Waals surface area contributed by atoms with Gasteiger partial charge >= 0.3 is 0 Å². The lowest BCUT2D eigenvalue weighted by Gasteiger charge is -2.43. The number of hydrogen-bond acceptors (Lipinski definition) is 4. The van der Waals surface area contributed by atoms with Gasteiger partial charge in [-0.1, -0.05) is 6.92 Å². The topological polar surface area (TPSA) is 62.3 Å². The fourth-order valence-corrected chi connectivity index (χ4v) is 4.85. The van der Waals surface area contributed by atoms with Crippen molar-refractivity contribution >= 4 is 23.2 Å². The normalized spacial score (nSPS) is 30.8. The van der Waals surface area contributed by atoms with E-state index >= 15 is 0 Å². The average Bonchev–Trinajstić information content (AvgIpc) is 3.11. The van der Waals surface area contributed by atoms with Gasteiger partial charge in [0, 0.05) is 37.5 Å². The van der Waals surface area contributed by atoms with Crippen molar-refractivity contribution in [2.45, 2.75) is 63.8 Å². The van der Waals surface area contributed by atoms with Gasteiger partial charge in [-0.2, -0.15) is 0 Å². The summed E-state index contributed by atoms with van der Waals surface area (Å²) in [6.07, 6.45) is 7.42. The van der Waals surface area contributed by atoms with Gasteiger partial charge in [0.1, 0.15) is 5.54 Å². The highest BCUT2D eigenvalue weighted by molar-refractivity contribution is 7.09. The SMILES string of the molecule is CC(=O)NC1(C(=O)N2CCC[C@@H](c3nccs3)C2)CCC(C)CC1. The molecule has 0 unspecified atom stereocenters. The molecule has 0 aromatic carbocycles. The smallest absolute Gasteiger partial charge is 0.248 e. The molecule has 1 saturated carbocycles. The first-order valence-corrected chi connectivity index (χ1v) is 9.86. The Bertz CT molecular complexity index is 579. The maximum atomic E-state index is 13.3. The van der Waals surface area contributed by atoms with E-state index in [0.29, 0.717) is 11.8 Å². The quantitative estimate of drug-likeness (QED) is 0.912. The van der Waals surface area contributed by atoms with E-state index in [1.54, 1.807) is 11.3 Å². The highest BCUT2D eigenvalue weighted by atomic mass is 32.1. The van der Waals surface area contributed by atoms with Crippen LogP contribution in [-0.2, 0) is 9.59 Å². The second-order valence-corrected chi connectivity index (χ2v) is 8.33. The van der Waals surface area contributed by atoms with Gasteiger partial charge in [0.2, 0.25) is 11.8 Å². The third-order valence-electron chi connectivity index (χ3n) is 5.46. The Morgan fingerprint density at radius 1 is 1.33 bits per heavy atom. The van der Waals surface area contributed by atoms with Crippen molar-refractivity contribution in [2.75, 3.05) is 13.1 Å². The summed E-state index contributed by atoms with van der Waals surface area (Å²) in [4.78, 5) is 31.5. The fourth-order valence-electron chi connectivity index (χ4n) is 4.09. The molecule has 1 aromatic rings. The Labute approximate surface area is 147 Å². The predicted octanol–water partition coefficient (Wildman–Crippen LogP) is 2.93. The number of thiazole rings is 1. The van der Waals surface area contributed by atoms with Crippen LogP contribution in [0.2, 0.25) is 0 Å². The molecule has 3 rings (SSSR count). The lowest BCUT2D eigenvalue weighted by molar-refractivity contribution is -0.144. The van der Waals surface area contributed by atoms with E-state index in [1.165, 1.54) is 6.92 Å². The van der Waals surface area contributed by atoms with Crippen molar-refractivity contribution in [1.29, 1.82) is 0 Å². The molecule has 0 radical (unpaired) electrons. The van der Waals surface area contributed by atoms with Gasteiger partial charge < -0.3 is 10.2 Å². The van der Waals surface area contributed by atoms with Gasteiger partial charge in [-0.15, -0.1) is 11.3 Å². The van der Waals surface area contributed by atoms with Crippen molar-refractivity contribution in [3.05, 3.63) is 16.6 Å². The van der Waals surface area contributed by atoms with E-state index in [9.17, 15) is 9.59 Å². The summed E-state index contributed by atoms with van der Waals surface area (Å²) in [6, 6.07) is 0. The molecule has 1 atom stereocenters. The minimum atomic E-state index is -0.691. The maximum Gasteiger partial charge on any atom is 0.248 e. The highest BCUT2D eigenvalue weighted by Crippen LogP contribution is 2.36. The second kappa shape index (κ2) is 7.21. The molecule has 0 spiro atoms. The van der Waals surface area contributed by atoms with Gasteiger partial charge in [-0.3, -0.25) is 9.59 Å². The molecule has 2 fully saturated rings. The number of nitrogens with one attached hydrogen (secondary N) is 1. The molecule has 2 aliphatic rings. The standard InChI is InChI=1S/C18H27N3O2S/c1-13-5-7-18(8-6-13,20-14(2)22)17(23)21-10-3-4-15(12-21)16-19-9-11-24-16/h9,11,13,15H,3-8,10,12H2,1-2H3,(H,20,22)/t13?,15-,18?/m1/s1. The third-order valence-corrected chi connectivity index (χ3v) is 6.40. The van der Waals surface area contributed by atoms with E-state index in [0.717, 1.165) is 56.6 Å². The van der Waals surface area contributed by atoms with Crippen LogP contribution in [0.5, 0.6) is 0 Å². The Kier molecular flexibility index (Phi) is 5.23. The minimum absolute atomic E-state index is 0.105.